The zero-order chi connectivity index (χ0) is 20.6. The van der Waals surface area contributed by atoms with E-state index in [1.165, 1.54) is 6.07 Å². The van der Waals surface area contributed by atoms with Crippen LogP contribution in [0.5, 0.6) is 0 Å². The van der Waals surface area contributed by atoms with Crippen molar-refractivity contribution in [1.29, 1.82) is 0 Å². The Morgan fingerprint density at radius 3 is 2.03 bits per heavy atom. The maximum Gasteiger partial charge on any atom is 0.268 e. The molecule has 0 amide bonds. The molecule has 0 atom stereocenters. The number of benzene rings is 2. The third kappa shape index (κ3) is 3.74. The van der Waals surface area contributed by atoms with Crippen molar-refractivity contribution in [2.45, 2.75) is 19.3 Å². The molecule has 150 valence electrons. The van der Waals surface area contributed by atoms with Crippen LogP contribution in [-0.2, 0) is 10.0 Å². The van der Waals surface area contributed by atoms with Crippen LogP contribution in [-0.4, -0.2) is 38.0 Å². The average Bonchev–Trinajstić information content (AvgIpc) is 2.72. The molecule has 2 aromatic rings. The van der Waals surface area contributed by atoms with Crippen molar-refractivity contribution in [3.8, 4) is 0 Å². The number of hydrogen-bond acceptors (Lipinski definition) is 5. The van der Waals surface area contributed by atoms with Crippen LogP contribution in [0.1, 0.15) is 40.0 Å². The third-order valence-corrected chi connectivity index (χ3v) is 7.04. The molecule has 2 aliphatic rings. The van der Waals surface area contributed by atoms with Crippen molar-refractivity contribution in [3.63, 3.8) is 0 Å². The summed E-state index contributed by atoms with van der Waals surface area (Å²) in [5.41, 5.74) is 0.672. The van der Waals surface area contributed by atoms with Gasteiger partial charge in [-0.15, -0.1) is 0 Å². The van der Waals surface area contributed by atoms with Gasteiger partial charge in [0, 0.05) is 34.4 Å². The van der Waals surface area contributed by atoms with Gasteiger partial charge < -0.3 is 4.90 Å². The summed E-state index contributed by atoms with van der Waals surface area (Å²) in [7, 11) is -4.27. The molecule has 1 saturated heterocycles. The lowest BCUT2D eigenvalue weighted by Gasteiger charge is -2.33. The molecule has 2 aromatic carbocycles. The minimum atomic E-state index is -4.27. The van der Waals surface area contributed by atoms with Crippen molar-refractivity contribution < 1.29 is 18.0 Å². The summed E-state index contributed by atoms with van der Waals surface area (Å²) < 4.78 is 29.8. The van der Waals surface area contributed by atoms with Gasteiger partial charge in [-0.1, -0.05) is 40.2 Å². The van der Waals surface area contributed by atoms with E-state index < -0.39 is 26.5 Å². The fraction of sp³-hybridized carbons (Fsp3) is 0.238. The summed E-state index contributed by atoms with van der Waals surface area (Å²) >= 11 is 3.31. The smallest absolute Gasteiger partial charge is 0.268 e. The number of hydrogen-bond donors (Lipinski definition) is 1. The Balaban J connectivity index is 1.85. The number of halogens is 1. The molecule has 6 nitrogen and oxygen atoms in total. The maximum atomic E-state index is 13.3. The molecule has 0 unspecified atom stereocenters. The Morgan fingerprint density at radius 2 is 1.41 bits per heavy atom. The summed E-state index contributed by atoms with van der Waals surface area (Å²) in [5.74, 6) is -1.07. The Kier molecular flexibility index (Phi) is 5.31. The van der Waals surface area contributed by atoms with Crippen LogP contribution in [0, 0.1) is 0 Å². The van der Waals surface area contributed by atoms with E-state index in [-0.39, 0.29) is 16.8 Å². The fourth-order valence-electron chi connectivity index (χ4n) is 3.72. The molecule has 29 heavy (non-hydrogen) atoms. The number of ketones is 2. The molecular weight excluding hydrogens is 456 g/mol. The van der Waals surface area contributed by atoms with Crippen LogP contribution >= 0.6 is 15.9 Å². The van der Waals surface area contributed by atoms with Crippen LogP contribution in [0.4, 0.5) is 5.69 Å². The van der Waals surface area contributed by atoms with Gasteiger partial charge in [-0.25, -0.2) is 8.42 Å². The van der Waals surface area contributed by atoms with E-state index in [9.17, 15) is 18.0 Å². The predicted molar refractivity (Wildman–Crippen MR) is 114 cm³/mol. The van der Waals surface area contributed by atoms with Gasteiger partial charge in [0.1, 0.15) is 5.70 Å². The number of Topliss-reactive ketones (excluding diaryl/α,β-unsaturated/α-hetero) is 2. The fourth-order valence-corrected chi connectivity index (χ4v) is 5.36. The number of sulfonamides is 1. The molecule has 4 rings (SSSR count). The lowest BCUT2D eigenvalue weighted by atomic mass is 9.91. The van der Waals surface area contributed by atoms with E-state index in [1.54, 1.807) is 47.4 Å². The molecule has 1 aliphatic heterocycles. The van der Waals surface area contributed by atoms with Gasteiger partial charge in [-0.3, -0.25) is 14.3 Å². The highest BCUT2D eigenvalue weighted by Gasteiger charge is 2.41. The highest BCUT2D eigenvalue weighted by Crippen LogP contribution is 2.33. The second-order valence-corrected chi connectivity index (χ2v) is 9.58. The van der Waals surface area contributed by atoms with E-state index in [0.29, 0.717) is 18.8 Å². The minimum absolute atomic E-state index is 0.0157. The SMILES string of the molecule is O=C1C(N2CCCCC2)=C(S(=O)(=O)Nc2ccc(Br)cc2)C(=O)c2ccccc21. The number of piperidine rings is 1. The van der Waals surface area contributed by atoms with Crippen molar-refractivity contribution in [2.24, 2.45) is 0 Å². The summed E-state index contributed by atoms with van der Waals surface area (Å²) in [6.45, 7) is 1.10. The molecule has 0 saturated carbocycles. The molecule has 0 radical (unpaired) electrons. The number of carbonyl (C=O) groups excluding carboxylic acids is 2. The van der Waals surface area contributed by atoms with Crippen LogP contribution in [0.3, 0.4) is 0 Å². The Labute approximate surface area is 177 Å². The minimum Gasteiger partial charge on any atom is -0.367 e. The number of likely N-dealkylation sites (tertiary alicyclic amines) is 1. The number of carbonyl (C=O) groups is 2. The first-order valence-electron chi connectivity index (χ1n) is 9.34. The number of allylic oxidation sites excluding steroid dienone is 2. The summed E-state index contributed by atoms with van der Waals surface area (Å²) in [4.78, 5) is 27.8. The molecule has 1 fully saturated rings. The normalized spacial score (nSPS) is 17.3. The van der Waals surface area contributed by atoms with Gasteiger partial charge in [-0.05, 0) is 43.5 Å². The zero-order valence-electron chi connectivity index (χ0n) is 15.5. The first-order chi connectivity index (χ1) is 13.9. The molecule has 0 bridgehead atoms. The number of nitrogens with zero attached hydrogens (tertiary/aromatic N) is 1. The highest BCUT2D eigenvalue weighted by atomic mass is 79.9. The predicted octanol–water partition coefficient (Wildman–Crippen LogP) is 3.97. The number of rotatable bonds is 4. The van der Waals surface area contributed by atoms with Gasteiger partial charge in [0.25, 0.3) is 10.0 Å². The number of anilines is 1. The van der Waals surface area contributed by atoms with Crippen molar-refractivity contribution in [2.75, 3.05) is 17.8 Å². The van der Waals surface area contributed by atoms with E-state index >= 15 is 0 Å². The number of nitrogens with one attached hydrogen (secondary N) is 1. The van der Waals surface area contributed by atoms with E-state index in [2.05, 4.69) is 20.7 Å². The average molecular weight is 475 g/mol. The van der Waals surface area contributed by atoms with E-state index in [0.717, 1.165) is 23.7 Å². The zero-order valence-corrected chi connectivity index (χ0v) is 17.9. The largest absolute Gasteiger partial charge is 0.367 e. The van der Waals surface area contributed by atoms with Gasteiger partial charge in [0.15, 0.2) is 4.91 Å². The van der Waals surface area contributed by atoms with Crippen LogP contribution in [0.25, 0.3) is 0 Å². The van der Waals surface area contributed by atoms with Gasteiger partial charge in [0.05, 0.1) is 0 Å². The van der Waals surface area contributed by atoms with Crippen LogP contribution in [0.2, 0.25) is 0 Å². The summed E-state index contributed by atoms with van der Waals surface area (Å²) in [6.07, 6.45) is 2.71. The summed E-state index contributed by atoms with van der Waals surface area (Å²) in [5, 5.41) is 0. The molecule has 1 N–H and O–H groups in total. The van der Waals surface area contributed by atoms with Gasteiger partial charge >= 0.3 is 0 Å². The van der Waals surface area contributed by atoms with Crippen LogP contribution < -0.4 is 4.72 Å². The maximum absolute atomic E-state index is 13.3. The molecule has 0 aromatic heterocycles. The van der Waals surface area contributed by atoms with Crippen LogP contribution in [0.15, 0.2) is 63.6 Å². The van der Waals surface area contributed by atoms with Crippen molar-refractivity contribution >= 4 is 43.2 Å². The number of fused-ring (bicyclic) bond motifs is 1. The molecule has 8 heteroatoms. The third-order valence-electron chi connectivity index (χ3n) is 5.09. The van der Waals surface area contributed by atoms with Crippen molar-refractivity contribution in [1.82, 2.24) is 4.90 Å². The first-order valence-corrected chi connectivity index (χ1v) is 11.6. The second-order valence-electron chi connectivity index (χ2n) is 7.04. The Morgan fingerprint density at radius 1 is 0.828 bits per heavy atom. The Hall–Kier alpha value is -2.45. The van der Waals surface area contributed by atoms with E-state index in [1.807, 2.05) is 0 Å². The quantitative estimate of drug-likeness (QED) is 0.724. The summed E-state index contributed by atoms with van der Waals surface area (Å²) in [6, 6.07) is 12.9. The topological polar surface area (TPSA) is 83.6 Å². The van der Waals surface area contributed by atoms with Gasteiger partial charge in [0.2, 0.25) is 11.6 Å². The lowest BCUT2D eigenvalue weighted by Crippen LogP contribution is -2.40. The molecular formula is C21H19BrN2O4S. The standard InChI is InChI=1S/C21H19BrN2O4S/c22-14-8-10-15(11-9-14)23-29(27,28)21-18(24-12-4-1-5-13-24)19(25)16-6-2-3-7-17(16)20(21)26/h2-3,6-11,23H,1,4-5,12-13H2. The first kappa shape index (κ1) is 19.8. The van der Waals surface area contributed by atoms with Gasteiger partial charge in [-0.2, -0.15) is 0 Å². The second kappa shape index (κ2) is 7.76. The molecule has 1 heterocycles. The highest BCUT2D eigenvalue weighted by molar-refractivity contribution is 9.10. The Bertz CT molecular complexity index is 1120. The lowest BCUT2D eigenvalue weighted by molar-refractivity contribution is 0.0939. The van der Waals surface area contributed by atoms with E-state index in [4.69, 9.17) is 0 Å². The molecule has 1 aliphatic carbocycles. The van der Waals surface area contributed by atoms with Crippen molar-refractivity contribution in [3.05, 3.63) is 74.7 Å². The molecule has 0 spiro atoms. The monoisotopic (exact) mass is 474 g/mol.